The lowest BCUT2D eigenvalue weighted by atomic mass is 9.98. The van der Waals surface area contributed by atoms with Gasteiger partial charge in [0.05, 0.1) is 13.2 Å². The molecule has 5 nitrogen and oxygen atoms in total. The molecule has 0 unspecified atom stereocenters. The Bertz CT molecular complexity index is 597. The lowest BCUT2D eigenvalue weighted by Gasteiger charge is -2.19. The molecule has 0 saturated heterocycles. The van der Waals surface area contributed by atoms with Crippen LogP contribution in [0.15, 0.2) is 23.2 Å². The van der Waals surface area contributed by atoms with Gasteiger partial charge < -0.3 is 20.1 Å². The van der Waals surface area contributed by atoms with Crippen molar-refractivity contribution in [2.24, 2.45) is 22.7 Å². The smallest absolute Gasteiger partial charge is 0.195 e. The standard InChI is InChI=1S/C19H27N3O2/c1-20-19(21-12-16(13-3-4-13)14-5-6-14)22-15-7-8-17-18(11-15)24-10-2-9-23-17/h7-8,11,13-14,16H,2-6,9-10,12H2,1H3,(H2,20,21,22). The molecule has 2 saturated carbocycles. The molecule has 1 aliphatic heterocycles. The molecule has 1 aromatic carbocycles. The molecule has 2 fully saturated rings. The SMILES string of the molecule is CN=C(NCC(C1CC1)C1CC1)Nc1ccc2c(c1)OCCCO2. The number of anilines is 1. The molecule has 0 atom stereocenters. The van der Waals surface area contributed by atoms with E-state index < -0.39 is 0 Å². The summed E-state index contributed by atoms with van der Waals surface area (Å²) in [5, 5.41) is 6.90. The molecule has 0 radical (unpaired) electrons. The molecule has 2 N–H and O–H groups in total. The molecule has 3 aliphatic rings. The van der Waals surface area contributed by atoms with Gasteiger partial charge in [0.25, 0.3) is 0 Å². The summed E-state index contributed by atoms with van der Waals surface area (Å²) < 4.78 is 11.4. The van der Waals surface area contributed by atoms with E-state index in [1.54, 1.807) is 0 Å². The summed E-state index contributed by atoms with van der Waals surface area (Å²) in [6, 6.07) is 5.97. The zero-order chi connectivity index (χ0) is 16.4. The Balaban J connectivity index is 1.36. The van der Waals surface area contributed by atoms with Gasteiger partial charge in [0.1, 0.15) is 0 Å². The van der Waals surface area contributed by atoms with Crippen molar-refractivity contribution in [2.75, 3.05) is 32.1 Å². The van der Waals surface area contributed by atoms with E-state index in [9.17, 15) is 0 Å². The number of nitrogens with zero attached hydrogens (tertiary/aromatic N) is 1. The van der Waals surface area contributed by atoms with Crippen LogP contribution in [0.2, 0.25) is 0 Å². The van der Waals surface area contributed by atoms with E-state index in [1.165, 1.54) is 25.7 Å². The lowest BCUT2D eigenvalue weighted by molar-refractivity contribution is 0.297. The average molecular weight is 329 g/mol. The molecule has 0 amide bonds. The second kappa shape index (κ2) is 6.91. The van der Waals surface area contributed by atoms with Crippen molar-refractivity contribution in [2.45, 2.75) is 32.1 Å². The van der Waals surface area contributed by atoms with E-state index in [-0.39, 0.29) is 0 Å². The molecule has 1 aromatic rings. The first-order valence-electron chi connectivity index (χ1n) is 9.21. The fraction of sp³-hybridized carbons (Fsp3) is 0.632. The number of guanidine groups is 1. The van der Waals surface area contributed by atoms with Gasteiger partial charge >= 0.3 is 0 Å². The number of benzene rings is 1. The largest absolute Gasteiger partial charge is 0.490 e. The zero-order valence-electron chi connectivity index (χ0n) is 14.4. The maximum atomic E-state index is 5.76. The topological polar surface area (TPSA) is 54.9 Å². The number of hydrogen-bond acceptors (Lipinski definition) is 3. The predicted molar refractivity (Wildman–Crippen MR) is 96.0 cm³/mol. The monoisotopic (exact) mass is 329 g/mol. The van der Waals surface area contributed by atoms with E-state index in [0.717, 1.165) is 53.9 Å². The van der Waals surface area contributed by atoms with Crippen molar-refractivity contribution in [3.8, 4) is 11.5 Å². The molecule has 0 bridgehead atoms. The summed E-state index contributed by atoms with van der Waals surface area (Å²) >= 11 is 0. The highest BCUT2D eigenvalue weighted by atomic mass is 16.5. The molecular formula is C19H27N3O2. The van der Waals surface area contributed by atoms with Gasteiger partial charge in [0.15, 0.2) is 17.5 Å². The first-order valence-corrected chi connectivity index (χ1v) is 9.21. The minimum absolute atomic E-state index is 0.702. The third kappa shape index (κ3) is 3.77. The number of nitrogens with one attached hydrogen (secondary N) is 2. The highest BCUT2D eigenvalue weighted by molar-refractivity contribution is 5.93. The number of aliphatic imine (C=N–C) groups is 1. The van der Waals surface area contributed by atoms with Gasteiger partial charge in [-0.25, -0.2) is 0 Å². The van der Waals surface area contributed by atoms with Crippen LogP contribution in [0.25, 0.3) is 0 Å². The summed E-state index contributed by atoms with van der Waals surface area (Å²) in [5.74, 6) is 5.18. The van der Waals surface area contributed by atoms with Gasteiger partial charge in [-0.3, -0.25) is 4.99 Å². The molecule has 0 aromatic heterocycles. The Kier molecular flexibility index (Phi) is 4.50. The van der Waals surface area contributed by atoms with Crippen molar-refractivity contribution < 1.29 is 9.47 Å². The van der Waals surface area contributed by atoms with Gasteiger partial charge in [-0.2, -0.15) is 0 Å². The third-order valence-electron chi connectivity index (χ3n) is 5.19. The lowest BCUT2D eigenvalue weighted by Crippen LogP contribution is -2.35. The van der Waals surface area contributed by atoms with Crippen LogP contribution in [-0.4, -0.2) is 32.8 Å². The van der Waals surface area contributed by atoms with Crippen LogP contribution in [0.3, 0.4) is 0 Å². The Hall–Kier alpha value is -1.91. The summed E-state index contributed by atoms with van der Waals surface area (Å²) in [6.07, 6.45) is 6.58. The van der Waals surface area contributed by atoms with Crippen molar-refractivity contribution >= 4 is 11.6 Å². The molecule has 5 heteroatoms. The van der Waals surface area contributed by atoms with Crippen molar-refractivity contribution in [1.29, 1.82) is 0 Å². The Morgan fingerprint density at radius 1 is 1.12 bits per heavy atom. The second-order valence-electron chi connectivity index (χ2n) is 7.13. The maximum absolute atomic E-state index is 5.76. The zero-order valence-corrected chi connectivity index (χ0v) is 14.4. The Morgan fingerprint density at radius 3 is 2.50 bits per heavy atom. The van der Waals surface area contributed by atoms with Crippen molar-refractivity contribution in [1.82, 2.24) is 5.32 Å². The summed E-state index contributed by atoms with van der Waals surface area (Å²) in [6.45, 7) is 2.44. The van der Waals surface area contributed by atoms with Gasteiger partial charge in [0, 0.05) is 31.8 Å². The number of fused-ring (bicyclic) bond motifs is 1. The number of ether oxygens (including phenoxy) is 2. The minimum Gasteiger partial charge on any atom is -0.490 e. The van der Waals surface area contributed by atoms with Gasteiger partial charge in [0.2, 0.25) is 0 Å². The molecule has 4 rings (SSSR count). The van der Waals surface area contributed by atoms with Gasteiger partial charge in [-0.15, -0.1) is 0 Å². The Morgan fingerprint density at radius 2 is 1.83 bits per heavy atom. The first-order chi connectivity index (χ1) is 11.8. The van der Waals surface area contributed by atoms with Crippen LogP contribution in [-0.2, 0) is 0 Å². The predicted octanol–water partition coefficient (Wildman–Crippen LogP) is 3.27. The average Bonchev–Trinajstić information content (AvgIpc) is 3.48. The Labute approximate surface area is 143 Å². The van der Waals surface area contributed by atoms with Crippen LogP contribution in [0.4, 0.5) is 5.69 Å². The van der Waals surface area contributed by atoms with E-state index in [2.05, 4.69) is 15.6 Å². The molecule has 0 spiro atoms. The first kappa shape index (κ1) is 15.6. The normalized spacial score (nSPS) is 20.7. The summed E-state index contributed by atoms with van der Waals surface area (Å²) in [5.41, 5.74) is 0.974. The summed E-state index contributed by atoms with van der Waals surface area (Å²) in [7, 11) is 1.82. The summed E-state index contributed by atoms with van der Waals surface area (Å²) in [4.78, 5) is 4.37. The number of rotatable bonds is 5. The van der Waals surface area contributed by atoms with Crippen LogP contribution in [0.5, 0.6) is 11.5 Å². The molecule has 24 heavy (non-hydrogen) atoms. The fourth-order valence-electron chi connectivity index (χ4n) is 3.54. The van der Waals surface area contributed by atoms with Gasteiger partial charge in [-0.1, -0.05) is 0 Å². The second-order valence-corrected chi connectivity index (χ2v) is 7.13. The van der Waals surface area contributed by atoms with Crippen molar-refractivity contribution in [3.63, 3.8) is 0 Å². The third-order valence-corrected chi connectivity index (χ3v) is 5.19. The maximum Gasteiger partial charge on any atom is 0.195 e. The molecule has 130 valence electrons. The fourth-order valence-corrected chi connectivity index (χ4v) is 3.54. The number of hydrogen-bond donors (Lipinski definition) is 2. The van der Waals surface area contributed by atoms with Crippen LogP contribution in [0, 0.1) is 17.8 Å². The minimum atomic E-state index is 0.702. The van der Waals surface area contributed by atoms with E-state index in [4.69, 9.17) is 9.47 Å². The highest BCUT2D eigenvalue weighted by Gasteiger charge is 2.41. The highest BCUT2D eigenvalue weighted by Crippen LogP contribution is 2.48. The molecule has 2 aliphatic carbocycles. The van der Waals surface area contributed by atoms with E-state index >= 15 is 0 Å². The molecular weight excluding hydrogens is 302 g/mol. The van der Waals surface area contributed by atoms with E-state index in [0.29, 0.717) is 13.2 Å². The quantitative estimate of drug-likeness (QED) is 0.643. The van der Waals surface area contributed by atoms with Gasteiger partial charge in [-0.05, 0) is 55.6 Å². The van der Waals surface area contributed by atoms with Crippen molar-refractivity contribution in [3.05, 3.63) is 18.2 Å². The van der Waals surface area contributed by atoms with E-state index in [1.807, 2.05) is 25.2 Å². The molecule has 1 heterocycles. The van der Waals surface area contributed by atoms with Crippen LogP contribution < -0.4 is 20.1 Å². The van der Waals surface area contributed by atoms with Crippen LogP contribution in [0.1, 0.15) is 32.1 Å². The van der Waals surface area contributed by atoms with Crippen LogP contribution >= 0.6 is 0 Å².